The van der Waals surface area contributed by atoms with Gasteiger partial charge in [0.25, 0.3) is 0 Å². The van der Waals surface area contributed by atoms with Gasteiger partial charge in [0.15, 0.2) is 0 Å². The van der Waals surface area contributed by atoms with Gasteiger partial charge < -0.3 is 14.3 Å². The maximum atomic E-state index is 5.94. The SMILES string of the molecule is CC(C)(C)C(OCCON)Oc1ccc(CCI)cc1. The molecule has 0 saturated heterocycles. The van der Waals surface area contributed by atoms with E-state index in [9.17, 15) is 0 Å². The minimum atomic E-state index is -0.340. The lowest BCUT2D eigenvalue weighted by molar-refractivity contribution is -0.150. The van der Waals surface area contributed by atoms with Crippen LogP contribution in [0.4, 0.5) is 0 Å². The first-order chi connectivity index (χ1) is 9.47. The molecule has 0 aliphatic rings. The van der Waals surface area contributed by atoms with E-state index in [2.05, 4.69) is 60.3 Å². The van der Waals surface area contributed by atoms with E-state index in [1.54, 1.807) is 0 Å². The molecule has 0 amide bonds. The molecule has 114 valence electrons. The normalized spacial score (nSPS) is 13.2. The maximum Gasteiger partial charge on any atom is 0.204 e. The maximum absolute atomic E-state index is 5.94. The largest absolute Gasteiger partial charge is 0.464 e. The summed E-state index contributed by atoms with van der Waals surface area (Å²) in [4.78, 5) is 4.52. The molecule has 1 aromatic rings. The Morgan fingerprint density at radius 2 is 1.80 bits per heavy atom. The number of benzene rings is 1. The van der Waals surface area contributed by atoms with Crippen LogP contribution in [0.1, 0.15) is 26.3 Å². The van der Waals surface area contributed by atoms with Crippen molar-refractivity contribution in [3.63, 3.8) is 0 Å². The van der Waals surface area contributed by atoms with E-state index < -0.39 is 0 Å². The summed E-state index contributed by atoms with van der Waals surface area (Å²) < 4.78 is 12.8. The molecule has 0 spiro atoms. The summed E-state index contributed by atoms with van der Waals surface area (Å²) in [6.45, 7) is 6.98. The first-order valence-electron chi connectivity index (χ1n) is 6.72. The molecule has 0 aromatic heterocycles. The zero-order chi connectivity index (χ0) is 15.0. The number of rotatable bonds is 8. The number of alkyl halides is 1. The molecule has 0 bridgehead atoms. The van der Waals surface area contributed by atoms with E-state index in [4.69, 9.17) is 15.4 Å². The molecular formula is C15H24INO3. The van der Waals surface area contributed by atoms with Gasteiger partial charge in [-0.05, 0) is 24.1 Å². The Hall–Kier alpha value is -0.370. The quantitative estimate of drug-likeness (QED) is 0.242. The van der Waals surface area contributed by atoms with Crippen LogP contribution in [0.2, 0.25) is 0 Å². The van der Waals surface area contributed by atoms with Gasteiger partial charge in [-0.3, -0.25) is 0 Å². The molecule has 1 atom stereocenters. The monoisotopic (exact) mass is 393 g/mol. The third-order valence-corrected chi connectivity index (χ3v) is 3.27. The average molecular weight is 393 g/mol. The highest BCUT2D eigenvalue weighted by Crippen LogP contribution is 2.26. The molecule has 0 aliphatic heterocycles. The Bertz CT molecular complexity index is 376. The standard InChI is InChI=1S/C15H24INO3/c1-15(2,3)14(18-10-11-19-17)20-13-6-4-12(5-7-13)8-9-16/h4-7,14H,8-11,17H2,1-3H3. The number of hydrogen-bond donors (Lipinski definition) is 1. The van der Waals surface area contributed by atoms with Gasteiger partial charge in [-0.25, -0.2) is 5.90 Å². The highest BCUT2D eigenvalue weighted by atomic mass is 127. The van der Waals surface area contributed by atoms with Gasteiger partial charge in [-0.15, -0.1) is 0 Å². The number of nitrogens with two attached hydrogens (primary N) is 1. The molecule has 5 heteroatoms. The minimum absolute atomic E-state index is 0.129. The summed E-state index contributed by atoms with van der Waals surface area (Å²) in [5, 5.41) is 0. The lowest BCUT2D eigenvalue weighted by Crippen LogP contribution is -2.36. The van der Waals surface area contributed by atoms with Crippen molar-refractivity contribution in [3.05, 3.63) is 29.8 Å². The number of hydrogen-bond acceptors (Lipinski definition) is 4. The molecule has 20 heavy (non-hydrogen) atoms. The van der Waals surface area contributed by atoms with Crippen LogP contribution < -0.4 is 10.6 Å². The van der Waals surface area contributed by atoms with Crippen LogP contribution >= 0.6 is 22.6 Å². The second kappa shape index (κ2) is 8.81. The second-order valence-corrected chi connectivity index (χ2v) is 6.72. The zero-order valence-electron chi connectivity index (χ0n) is 12.4. The average Bonchev–Trinajstić information content (AvgIpc) is 2.39. The molecule has 4 nitrogen and oxygen atoms in total. The van der Waals surface area contributed by atoms with Crippen LogP contribution in [0.3, 0.4) is 0 Å². The molecular weight excluding hydrogens is 369 g/mol. The molecule has 0 heterocycles. The van der Waals surface area contributed by atoms with Crippen molar-refractivity contribution in [2.75, 3.05) is 17.6 Å². The lowest BCUT2D eigenvalue weighted by Gasteiger charge is -2.30. The summed E-state index contributed by atoms with van der Waals surface area (Å²) >= 11 is 2.38. The Kier molecular flexibility index (Phi) is 7.79. The van der Waals surface area contributed by atoms with Crippen LogP contribution in [0.5, 0.6) is 5.75 Å². The van der Waals surface area contributed by atoms with E-state index in [0.717, 1.165) is 16.6 Å². The van der Waals surface area contributed by atoms with Crippen molar-refractivity contribution in [3.8, 4) is 5.75 Å². The predicted octanol–water partition coefficient (Wildman–Crippen LogP) is 3.32. The van der Waals surface area contributed by atoms with Gasteiger partial charge in [0.2, 0.25) is 6.29 Å². The van der Waals surface area contributed by atoms with Gasteiger partial charge in [0, 0.05) is 9.84 Å². The van der Waals surface area contributed by atoms with Crippen molar-refractivity contribution in [2.45, 2.75) is 33.5 Å². The second-order valence-electron chi connectivity index (χ2n) is 5.64. The Balaban J connectivity index is 2.63. The van der Waals surface area contributed by atoms with E-state index in [1.807, 2.05) is 12.1 Å². The van der Waals surface area contributed by atoms with E-state index in [0.29, 0.717) is 13.2 Å². The van der Waals surface area contributed by atoms with E-state index in [1.165, 1.54) is 5.56 Å². The first-order valence-corrected chi connectivity index (χ1v) is 8.25. The molecule has 0 aliphatic carbocycles. The highest BCUT2D eigenvalue weighted by Gasteiger charge is 2.27. The molecule has 0 radical (unpaired) electrons. The van der Waals surface area contributed by atoms with Crippen LogP contribution in [0.25, 0.3) is 0 Å². The number of halogens is 1. The van der Waals surface area contributed by atoms with Crippen molar-refractivity contribution >= 4 is 22.6 Å². The third-order valence-electron chi connectivity index (χ3n) is 2.73. The lowest BCUT2D eigenvalue weighted by atomic mass is 9.96. The van der Waals surface area contributed by atoms with Crippen molar-refractivity contribution < 1.29 is 14.3 Å². The summed E-state index contributed by atoms with van der Waals surface area (Å²) in [5.41, 5.74) is 1.19. The molecule has 0 saturated carbocycles. The van der Waals surface area contributed by atoms with Gasteiger partial charge in [0.05, 0.1) is 13.2 Å². The summed E-state index contributed by atoms with van der Waals surface area (Å²) in [6, 6.07) is 8.17. The van der Waals surface area contributed by atoms with E-state index in [-0.39, 0.29) is 11.7 Å². The topological polar surface area (TPSA) is 53.7 Å². The van der Waals surface area contributed by atoms with Gasteiger partial charge in [-0.1, -0.05) is 55.5 Å². The smallest absolute Gasteiger partial charge is 0.204 e. The highest BCUT2D eigenvalue weighted by molar-refractivity contribution is 14.1. The van der Waals surface area contributed by atoms with Crippen LogP contribution in [0.15, 0.2) is 24.3 Å². The van der Waals surface area contributed by atoms with Crippen molar-refractivity contribution in [1.29, 1.82) is 0 Å². The zero-order valence-corrected chi connectivity index (χ0v) is 14.6. The van der Waals surface area contributed by atoms with Crippen LogP contribution in [-0.2, 0) is 16.0 Å². The molecule has 1 rings (SSSR count). The molecule has 1 unspecified atom stereocenters. The number of aryl methyl sites for hydroxylation is 1. The fourth-order valence-corrected chi connectivity index (χ4v) is 2.25. The Morgan fingerprint density at radius 3 is 2.30 bits per heavy atom. The molecule has 1 aromatic carbocycles. The fraction of sp³-hybridized carbons (Fsp3) is 0.600. The molecule has 2 N–H and O–H groups in total. The van der Waals surface area contributed by atoms with Gasteiger partial charge >= 0.3 is 0 Å². The number of ether oxygens (including phenoxy) is 2. The Labute approximate surface area is 135 Å². The Morgan fingerprint density at radius 1 is 1.15 bits per heavy atom. The third kappa shape index (κ3) is 6.39. The van der Waals surface area contributed by atoms with Crippen molar-refractivity contribution in [2.24, 2.45) is 11.3 Å². The van der Waals surface area contributed by atoms with E-state index >= 15 is 0 Å². The molecule has 0 fully saturated rings. The summed E-state index contributed by atoms with van der Waals surface area (Å²) in [5.74, 6) is 5.82. The van der Waals surface area contributed by atoms with Gasteiger partial charge in [0.1, 0.15) is 5.75 Å². The minimum Gasteiger partial charge on any atom is -0.464 e. The predicted molar refractivity (Wildman–Crippen MR) is 89.0 cm³/mol. The first kappa shape index (κ1) is 17.7. The fourth-order valence-electron chi connectivity index (χ4n) is 1.63. The summed E-state index contributed by atoms with van der Waals surface area (Å²) in [7, 11) is 0. The van der Waals surface area contributed by atoms with Crippen molar-refractivity contribution in [1.82, 2.24) is 0 Å². The summed E-state index contributed by atoms with van der Waals surface area (Å²) in [6.07, 6.45) is 0.738. The van der Waals surface area contributed by atoms with Crippen LogP contribution in [0, 0.1) is 5.41 Å². The van der Waals surface area contributed by atoms with Crippen LogP contribution in [-0.4, -0.2) is 23.9 Å². The van der Waals surface area contributed by atoms with Gasteiger partial charge in [-0.2, -0.15) is 0 Å².